The van der Waals surface area contributed by atoms with Gasteiger partial charge in [0.2, 0.25) is 0 Å². The predicted octanol–water partition coefficient (Wildman–Crippen LogP) is 5.87. The minimum atomic E-state index is -0.581. The molecule has 28 heavy (non-hydrogen) atoms. The number of halogens is 3. The fourth-order valence-corrected chi connectivity index (χ4v) is 3.07. The first-order valence-corrected chi connectivity index (χ1v) is 9.44. The molecule has 0 saturated carbocycles. The van der Waals surface area contributed by atoms with Crippen molar-refractivity contribution in [2.45, 2.75) is 0 Å². The van der Waals surface area contributed by atoms with Crippen molar-refractivity contribution in [1.82, 2.24) is 0 Å². The van der Waals surface area contributed by atoms with Crippen molar-refractivity contribution in [3.05, 3.63) is 68.6 Å². The summed E-state index contributed by atoms with van der Waals surface area (Å²) in [7, 11) is 1.50. The monoisotopic (exact) mass is 480 g/mol. The molecule has 0 heterocycles. The highest BCUT2D eigenvalue weighted by Crippen LogP contribution is 2.37. The number of nitriles is 1. The van der Waals surface area contributed by atoms with Gasteiger partial charge in [-0.25, -0.2) is 0 Å². The topological polar surface area (TPSA) is 71.3 Å². The Morgan fingerprint density at radius 3 is 2.68 bits per heavy atom. The molecular weight excluding hydrogens is 467 g/mol. The molecule has 0 bridgehead atoms. The Balaban J connectivity index is 2.31. The van der Waals surface area contributed by atoms with Gasteiger partial charge in [0.1, 0.15) is 18.2 Å². The van der Waals surface area contributed by atoms with E-state index in [-0.39, 0.29) is 5.57 Å². The molecule has 0 aliphatic carbocycles. The third-order valence-electron chi connectivity index (χ3n) is 3.45. The molecule has 1 N–H and O–H groups in total. The molecule has 0 radical (unpaired) electrons. The average Bonchev–Trinajstić information content (AvgIpc) is 2.67. The summed E-state index contributed by atoms with van der Waals surface area (Å²) >= 11 is 15.2. The summed E-state index contributed by atoms with van der Waals surface area (Å²) in [4.78, 5) is 12.4. The Morgan fingerprint density at radius 2 is 2.07 bits per heavy atom. The molecule has 0 aliphatic heterocycles. The van der Waals surface area contributed by atoms with Gasteiger partial charge in [-0.15, -0.1) is 0 Å². The van der Waals surface area contributed by atoms with Crippen LogP contribution in [0.1, 0.15) is 5.56 Å². The predicted molar refractivity (Wildman–Crippen MR) is 115 cm³/mol. The molecule has 144 valence electrons. The first-order valence-electron chi connectivity index (χ1n) is 7.89. The lowest BCUT2D eigenvalue weighted by Gasteiger charge is -2.12. The number of nitrogens with one attached hydrogen (secondary N) is 1. The van der Waals surface area contributed by atoms with Crippen molar-refractivity contribution < 1.29 is 14.3 Å². The van der Waals surface area contributed by atoms with E-state index in [4.69, 9.17) is 32.7 Å². The van der Waals surface area contributed by atoms with E-state index < -0.39 is 5.91 Å². The summed E-state index contributed by atoms with van der Waals surface area (Å²) in [6.45, 7) is 3.91. The molecule has 1 amide bonds. The number of hydrogen-bond acceptors (Lipinski definition) is 4. The van der Waals surface area contributed by atoms with Crippen molar-refractivity contribution in [3.63, 3.8) is 0 Å². The second-order valence-electron chi connectivity index (χ2n) is 5.39. The van der Waals surface area contributed by atoms with Crippen LogP contribution in [0.4, 0.5) is 5.69 Å². The quantitative estimate of drug-likeness (QED) is 0.304. The lowest BCUT2D eigenvalue weighted by atomic mass is 10.1. The first kappa shape index (κ1) is 21.8. The summed E-state index contributed by atoms with van der Waals surface area (Å²) in [6, 6.07) is 9.91. The van der Waals surface area contributed by atoms with E-state index in [1.165, 1.54) is 19.3 Å². The Morgan fingerprint density at radius 1 is 1.32 bits per heavy atom. The van der Waals surface area contributed by atoms with Crippen LogP contribution in [0.3, 0.4) is 0 Å². The average molecular weight is 482 g/mol. The van der Waals surface area contributed by atoms with Gasteiger partial charge >= 0.3 is 0 Å². The molecular formula is C20H15BrCl2N2O3. The zero-order valence-corrected chi connectivity index (χ0v) is 17.9. The number of nitrogens with zero attached hydrogens (tertiary/aromatic N) is 1. The second kappa shape index (κ2) is 10.2. The molecule has 0 spiro atoms. The molecule has 0 aromatic heterocycles. The van der Waals surface area contributed by atoms with Gasteiger partial charge in [0.25, 0.3) is 5.91 Å². The Hall–Kier alpha value is -2.46. The highest BCUT2D eigenvalue weighted by Gasteiger charge is 2.14. The minimum Gasteiger partial charge on any atom is -0.493 e. The molecule has 5 nitrogen and oxygen atoms in total. The van der Waals surface area contributed by atoms with Crippen LogP contribution >= 0.6 is 39.1 Å². The molecule has 0 saturated heterocycles. The zero-order valence-electron chi connectivity index (χ0n) is 14.8. The number of rotatable bonds is 7. The van der Waals surface area contributed by atoms with E-state index in [1.807, 2.05) is 6.07 Å². The fourth-order valence-electron chi connectivity index (χ4n) is 2.19. The first-order chi connectivity index (χ1) is 13.4. The highest BCUT2D eigenvalue weighted by atomic mass is 79.9. The largest absolute Gasteiger partial charge is 0.493 e. The third-order valence-corrected chi connectivity index (χ3v) is 4.78. The van der Waals surface area contributed by atoms with Crippen molar-refractivity contribution in [1.29, 1.82) is 5.26 Å². The number of amides is 1. The molecule has 2 aromatic rings. The number of methoxy groups -OCH3 is 1. The number of benzene rings is 2. The molecule has 2 rings (SSSR count). The third kappa shape index (κ3) is 5.52. The normalized spacial score (nSPS) is 10.8. The number of hydrogen-bond donors (Lipinski definition) is 1. The number of ether oxygens (including phenoxy) is 2. The molecule has 0 aliphatic rings. The van der Waals surface area contributed by atoms with Crippen LogP contribution in [0, 0.1) is 11.3 Å². The summed E-state index contributed by atoms with van der Waals surface area (Å²) < 4.78 is 11.5. The maximum atomic E-state index is 12.4. The van der Waals surface area contributed by atoms with Crippen LogP contribution in [0.25, 0.3) is 6.08 Å². The zero-order chi connectivity index (χ0) is 20.7. The summed E-state index contributed by atoms with van der Waals surface area (Å²) in [5.41, 5.74) is 0.905. The molecule has 8 heteroatoms. The van der Waals surface area contributed by atoms with E-state index in [2.05, 4.69) is 27.8 Å². The Labute approximate surface area is 181 Å². The lowest BCUT2D eigenvalue weighted by molar-refractivity contribution is -0.112. The minimum absolute atomic E-state index is 0.0974. The summed E-state index contributed by atoms with van der Waals surface area (Å²) in [5, 5.41) is 12.7. The smallest absolute Gasteiger partial charge is 0.266 e. The van der Waals surface area contributed by atoms with Crippen LogP contribution in [0.2, 0.25) is 10.0 Å². The van der Waals surface area contributed by atoms with Crippen molar-refractivity contribution in [3.8, 4) is 17.6 Å². The van der Waals surface area contributed by atoms with Crippen LogP contribution in [-0.2, 0) is 4.79 Å². The number of anilines is 1. The van der Waals surface area contributed by atoms with E-state index in [1.54, 1.807) is 30.3 Å². The van der Waals surface area contributed by atoms with Crippen molar-refractivity contribution >= 4 is 56.8 Å². The maximum Gasteiger partial charge on any atom is 0.266 e. The summed E-state index contributed by atoms with van der Waals surface area (Å²) in [6.07, 6.45) is 3.05. The van der Waals surface area contributed by atoms with Gasteiger partial charge in [0, 0.05) is 5.69 Å². The van der Waals surface area contributed by atoms with Crippen LogP contribution < -0.4 is 14.8 Å². The van der Waals surface area contributed by atoms with Crippen LogP contribution in [0.15, 0.2) is 53.0 Å². The Bertz CT molecular complexity index is 984. The van der Waals surface area contributed by atoms with Gasteiger partial charge in [-0.2, -0.15) is 5.26 Å². The van der Waals surface area contributed by atoms with E-state index in [9.17, 15) is 10.1 Å². The van der Waals surface area contributed by atoms with Crippen LogP contribution in [0.5, 0.6) is 11.5 Å². The van der Waals surface area contributed by atoms with E-state index >= 15 is 0 Å². The van der Waals surface area contributed by atoms with Gasteiger partial charge in [-0.05, 0) is 57.9 Å². The molecule has 0 fully saturated rings. The van der Waals surface area contributed by atoms with Crippen molar-refractivity contribution in [2.24, 2.45) is 0 Å². The number of carbonyl (C=O) groups excluding carboxylic acids is 1. The van der Waals surface area contributed by atoms with E-state index in [0.717, 1.165) is 0 Å². The maximum absolute atomic E-state index is 12.4. The van der Waals surface area contributed by atoms with Gasteiger partial charge < -0.3 is 14.8 Å². The van der Waals surface area contributed by atoms with Gasteiger partial charge in [-0.1, -0.05) is 35.9 Å². The highest BCUT2D eigenvalue weighted by molar-refractivity contribution is 9.10. The lowest BCUT2D eigenvalue weighted by Crippen LogP contribution is -2.13. The standard InChI is InChI=1S/C20H15BrCl2N2O3/c1-3-6-28-19-15(21)8-12(9-18(19)27-2)7-13(11-24)20(26)25-14-4-5-16(22)17(23)10-14/h3-5,7-10H,1,6H2,2H3,(H,25,26)/b13-7+. The van der Waals surface area contributed by atoms with Gasteiger partial charge in [0.15, 0.2) is 11.5 Å². The van der Waals surface area contributed by atoms with Crippen molar-refractivity contribution in [2.75, 3.05) is 19.0 Å². The number of carbonyl (C=O) groups is 1. The van der Waals surface area contributed by atoms with Crippen LogP contribution in [-0.4, -0.2) is 19.6 Å². The second-order valence-corrected chi connectivity index (χ2v) is 7.06. The Kier molecular flexibility index (Phi) is 7.94. The summed E-state index contributed by atoms with van der Waals surface area (Å²) in [5.74, 6) is 0.367. The van der Waals surface area contributed by atoms with Gasteiger partial charge in [0.05, 0.1) is 21.6 Å². The van der Waals surface area contributed by atoms with Gasteiger partial charge in [-0.3, -0.25) is 4.79 Å². The molecule has 0 atom stereocenters. The fraction of sp³-hybridized carbons (Fsp3) is 0.100. The molecule has 2 aromatic carbocycles. The molecule has 0 unspecified atom stereocenters. The SMILES string of the molecule is C=CCOc1c(Br)cc(/C=C(\C#N)C(=O)Nc2ccc(Cl)c(Cl)c2)cc1OC. The van der Waals surface area contributed by atoms with E-state index in [0.29, 0.717) is 43.9 Å².